The molecule has 0 atom stereocenters. The van der Waals surface area contributed by atoms with Gasteiger partial charge in [0.1, 0.15) is 0 Å². The quantitative estimate of drug-likeness (QED) is 0.789. The van der Waals surface area contributed by atoms with Crippen LogP contribution in [0, 0.1) is 5.92 Å². The molecule has 116 valence electrons. The van der Waals surface area contributed by atoms with Gasteiger partial charge in [0, 0.05) is 31.5 Å². The lowest BCUT2D eigenvalue weighted by Crippen LogP contribution is -2.41. The summed E-state index contributed by atoms with van der Waals surface area (Å²) in [7, 11) is 0. The van der Waals surface area contributed by atoms with Crippen LogP contribution in [0.4, 0.5) is 5.82 Å². The first-order valence-corrected chi connectivity index (χ1v) is 7.53. The van der Waals surface area contributed by atoms with Crippen molar-refractivity contribution in [1.29, 1.82) is 0 Å². The fraction of sp³-hybridized carbons (Fsp3) is 0.667. The summed E-state index contributed by atoms with van der Waals surface area (Å²) in [5.74, 6) is 0.295. The molecule has 0 unspecified atom stereocenters. The smallest absolute Gasteiger partial charge is 0.309 e. The minimum absolute atomic E-state index is 0.0581. The minimum Gasteiger partial charge on any atom is -0.466 e. The van der Waals surface area contributed by atoms with Gasteiger partial charge in [0.2, 0.25) is 0 Å². The Labute approximate surface area is 124 Å². The zero-order valence-electron chi connectivity index (χ0n) is 12.9. The van der Waals surface area contributed by atoms with Crippen molar-refractivity contribution in [2.24, 2.45) is 5.92 Å². The van der Waals surface area contributed by atoms with E-state index in [2.05, 4.69) is 4.98 Å². The number of aromatic nitrogens is 2. The van der Waals surface area contributed by atoms with Crippen LogP contribution in [0.2, 0.25) is 0 Å². The average molecular weight is 293 g/mol. The zero-order chi connectivity index (χ0) is 15.4. The van der Waals surface area contributed by atoms with E-state index in [0.29, 0.717) is 38.4 Å². The van der Waals surface area contributed by atoms with Crippen molar-refractivity contribution < 1.29 is 9.53 Å². The fourth-order valence-corrected chi connectivity index (χ4v) is 2.62. The van der Waals surface area contributed by atoms with Gasteiger partial charge in [-0.3, -0.25) is 9.59 Å². The number of hydrogen-bond acceptors (Lipinski definition) is 5. The maximum absolute atomic E-state index is 12.4. The average Bonchev–Trinajstić information content (AvgIpc) is 2.47. The molecule has 1 aromatic heterocycles. The Morgan fingerprint density at radius 3 is 2.67 bits per heavy atom. The number of piperidine rings is 1. The Balaban J connectivity index is 2.08. The van der Waals surface area contributed by atoms with Crippen LogP contribution in [0.5, 0.6) is 0 Å². The molecule has 1 saturated heterocycles. The topological polar surface area (TPSA) is 64.4 Å². The number of carbonyl (C=O) groups is 1. The van der Waals surface area contributed by atoms with E-state index in [1.807, 2.05) is 25.7 Å². The summed E-state index contributed by atoms with van der Waals surface area (Å²) >= 11 is 0. The molecular formula is C15H23N3O3. The summed E-state index contributed by atoms with van der Waals surface area (Å²) < 4.78 is 6.74. The molecule has 1 fully saturated rings. The normalized spacial score (nSPS) is 16.3. The third-order valence-corrected chi connectivity index (χ3v) is 3.82. The summed E-state index contributed by atoms with van der Waals surface area (Å²) in [5, 5.41) is 0. The highest BCUT2D eigenvalue weighted by Crippen LogP contribution is 2.21. The van der Waals surface area contributed by atoms with Crippen LogP contribution in [0.15, 0.2) is 17.2 Å². The summed E-state index contributed by atoms with van der Waals surface area (Å²) in [6.07, 6.45) is 4.78. The van der Waals surface area contributed by atoms with Gasteiger partial charge in [-0.15, -0.1) is 0 Å². The zero-order valence-corrected chi connectivity index (χ0v) is 12.9. The maximum atomic E-state index is 12.4. The molecule has 1 aliphatic heterocycles. The van der Waals surface area contributed by atoms with Gasteiger partial charge in [-0.25, -0.2) is 4.98 Å². The van der Waals surface area contributed by atoms with Crippen molar-refractivity contribution in [1.82, 2.24) is 9.55 Å². The fourth-order valence-electron chi connectivity index (χ4n) is 2.62. The standard InChI is InChI=1S/C15H23N3O3/c1-4-21-15(20)12-5-8-17(9-6-12)13-14(19)18(11(2)3)10-7-16-13/h7,10-12H,4-6,8-9H2,1-3H3. The van der Waals surface area contributed by atoms with Gasteiger partial charge in [-0.05, 0) is 33.6 Å². The van der Waals surface area contributed by atoms with Gasteiger partial charge in [-0.1, -0.05) is 0 Å². The Morgan fingerprint density at radius 2 is 2.10 bits per heavy atom. The van der Waals surface area contributed by atoms with Crippen LogP contribution in [0.1, 0.15) is 39.7 Å². The van der Waals surface area contributed by atoms with E-state index >= 15 is 0 Å². The highest BCUT2D eigenvalue weighted by Gasteiger charge is 2.27. The monoisotopic (exact) mass is 293 g/mol. The minimum atomic E-state index is -0.127. The predicted molar refractivity (Wildman–Crippen MR) is 80.5 cm³/mol. The Kier molecular flexibility index (Phi) is 4.98. The van der Waals surface area contributed by atoms with Crippen LogP contribution in [0.3, 0.4) is 0 Å². The Hall–Kier alpha value is -1.85. The summed E-state index contributed by atoms with van der Waals surface area (Å²) in [6, 6.07) is 0.108. The maximum Gasteiger partial charge on any atom is 0.309 e. The van der Waals surface area contributed by atoms with Gasteiger partial charge < -0.3 is 14.2 Å². The molecule has 0 aliphatic carbocycles. The molecule has 0 N–H and O–H groups in total. The van der Waals surface area contributed by atoms with E-state index in [0.717, 1.165) is 0 Å². The number of esters is 1. The van der Waals surface area contributed by atoms with E-state index < -0.39 is 0 Å². The highest BCUT2D eigenvalue weighted by molar-refractivity contribution is 5.72. The van der Waals surface area contributed by atoms with Gasteiger partial charge in [0.15, 0.2) is 5.82 Å². The van der Waals surface area contributed by atoms with Crippen molar-refractivity contribution in [2.75, 3.05) is 24.6 Å². The molecule has 0 spiro atoms. The van der Waals surface area contributed by atoms with Gasteiger partial charge in [0.25, 0.3) is 5.56 Å². The number of ether oxygens (including phenoxy) is 1. The second-order valence-electron chi connectivity index (χ2n) is 5.57. The molecular weight excluding hydrogens is 270 g/mol. The van der Waals surface area contributed by atoms with Crippen molar-refractivity contribution in [3.8, 4) is 0 Å². The van der Waals surface area contributed by atoms with Crippen LogP contribution in [0.25, 0.3) is 0 Å². The van der Waals surface area contributed by atoms with Crippen LogP contribution >= 0.6 is 0 Å². The number of anilines is 1. The van der Waals surface area contributed by atoms with Crippen LogP contribution in [-0.4, -0.2) is 35.2 Å². The second kappa shape index (κ2) is 6.74. The summed E-state index contributed by atoms with van der Waals surface area (Å²) in [6.45, 7) is 7.49. The van der Waals surface area contributed by atoms with Crippen LogP contribution < -0.4 is 10.5 Å². The molecule has 0 amide bonds. The molecule has 0 bridgehead atoms. The van der Waals surface area contributed by atoms with E-state index in [1.54, 1.807) is 17.0 Å². The number of nitrogens with zero attached hydrogens (tertiary/aromatic N) is 3. The largest absolute Gasteiger partial charge is 0.466 e. The lowest BCUT2D eigenvalue weighted by molar-refractivity contribution is -0.148. The molecule has 2 rings (SSSR count). The molecule has 6 heteroatoms. The molecule has 21 heavy (non-hydrogen) atoms. The van der Waals surface area contributed by atoms with Gasteiger partial charge in [0.05, 0.1) is 12.5 Å². The van der Waals surface area contributed by atoms with Gasteiger partial charge in [-0.2, -0.15) is 0 Å². The van der Waals surface area contributed by atoms with Gasteiger partial charge >= 0.3 is 5.97 Å². The number of hydrogen-bond donors (Lipinski definition) is 0. The van der Waals surface area contributed by atoms with E-state index in [1.165, 1.54) is 0 Å². The molecule has 1 aromatic rings. The molecule has 0 aromatic carbocycles. The van der Waals surface area contributed by atoms with E-state index in [9.17, 15) is 9.59 Å². The first-order chi connectivity index (χ1) is 10.0. The lowest BCUT2D eigenvalue weighted by atomic mass is 9.97. The van der Waals surface area contributed by atoms with Crippen molar-refractivity contribution in [3.63, 3.8) is 0 Å². The Bertz CT molecular complexity index is 545. The third-order valence-electron chi connectivity index (χ3n) is 3.82. The predicted octanol–water partition coefficient (Wildman–Crippen LogP) is 1.60. The highest BCUT2D eigenvalue weighted by atomic mass is 16.5. The van der Waals surface area contributed by atoms with Crippen LogP contribution in [-0.2, 0) is 9.53 Å². The number of rotatable bonds is 4. The first-order valence-electron chi connectivity index (χ1n) is 7.53. The van der Waals surface area contributed by atoms with Crippen molar-refractivity contribution >= 4 is 11.8 Å². The molecule has 2 heterocycles. The molecule has 1 aliphatic rings. The lowest BCUT2D eigenvalue weighted by Gasteiger charge is -2.31. The Morgan fingerprint density at radius 1 is 1.43 bits per heavy atom. The SMILES string of the molecule is CCOC(=O)C1CCN(c2nccn(C(C)C)c2=O)CC1. The third kappa shape index (κ3) is 3.43. The number of carbonyl (C=O) groups excluding carboxylic acids is 1. The summed E-state index contributed by atoms with van der Waals surface area (Å²) in [5.41, 5.74) is -0.0675. The second-order valence-corrected chi connectivity index (χ2v) is 5.57. The van der Waals surface area contributed by atoms with Crippen molar-refractivity contribution in [3.05, 3.63) is 22.7 Å². The molecule has 0 saturated carbocycles. The molecule has 0 radical (unpaired) electrons. The first kappa shape index (κ1) is 15.5. The summed E-state index contributed by atoms with van der Waals surface area (Å²) in [4.78, 5) is 30.3. The van der Waals surface area contributed by atoms with E-state index in [-0.39, 0.29) is 23.5 Å². The van der Waals surface area contributed by atoms with Crippen molar-refractivity contribution in [2.45, 2.75) is 39.7 Å². The van der Waals surface area contributed by atoms with E-state index in [4.69, 9.17) is 4.74 Å². The molecule has 6 nitrogen and oxygen atoms in total.